The Kier molecular flexibility index (Phi) is 3.98. The van der Waals surface area contributed by atoms with Crippen molar-refractivity contribution in [2.24, 2.45) is 0 Å². The molecule has 0 radical (unpaired) electrons. The van der Waals surface area contributed by atoms with Gasteiger partial charge in [-0.05, 0) is 33.8 Å². The number of fused-ring (bicyclic) bond motifs is 1. The molecule has 2 aromatic heterocycles. The van der Waals surface area contributed by atoms with E-state index in [0.717, 1.165) is 44.6 Å². The summed E-state index contributed by atoms with van der Waals surface area (Å²) in [6.45, 7) is 3.04. The fourth-order valence-electron chi connectivity index (χ4n) is 2.11. The molecule has 0 aliphatic heterocycles. The average molecular weight is 348 g/mol. The van der Waals surface area contributed by atoms with Crippen molar-refractivity contribution in [3.05, 3.63) is 40.2 Å². The van der Waals surface area contributed by atoms with Crippen molar-refractivity contribution < 1.29 is 0 Å². The summed E-state index contributed by atoms with van der Waals surface area (Å²) in [7, 11) is 0. The summed E-state index contributed by atoms with van der Waals surface area (Å²) in [5.41, 5.74) is 0.935. The van der Waals surface area contributed by atoms with E-state index >= 15 is 0 Å². The van der Waals surface area contributed by atoms with E-state index in [2.05, 4.69) is 55.9 Å². The van der Waals surface area contributed by atoms with Gasteiger partial charge in [0.2, 0.25) is 0 Å². The van der Waals surface area contributed by atoms with Gasteiger partial charge in [0.1, 0.15) is 5.69 Å². The number of benzene rings is 1. The molecule has 0 aliphatic carbocycles. The monoisotopic (exact) mass is 347 g/mol. The number of nitrogens with one attached hydrogen (secondary N) is 1. The molecular weight excluding hydrogens is 334 g/mol. The van der Waals surface area contributed by atoms with Crippen molar-refractivity contribution in [1.29, 1.82) is 0 Å². The van der Waals surface area contributed by atoms with Crippen LogP contribution in [0.25, 0.3) is 21.3 Å². The van der Waals surface area contributed by atoms with Crippen molar-refractivity contribution in [1.82, 2.24) is 10.2 Å². The van der Waals surface area contributed by atoms with Crippen molar-refractivity contribution >= 4 is 43.9 Å². The lowest BCUT2D eigenvalue weighted by molar-refractivity contribution is 0.953. The smallest absolute Gasteiger partial charge is 0.156 e. The highest BCUT2D eigenvalue weighted by Crippen LogP contribution is 2.37. The van der Waals surface area contributed by atoms with Crippen molar-refractivity contribution in [2.75, 3.05) is 11.9 Å². The SMILES string of the molecule is CCCNc1nnc(-c2sccc2Br)c2ccccc12. The van der Waals surface area contributed by atoms with Gasteiger partial charge in [0.25, 0.3) is 0 Å². The summed E-state index contributed by atoms with van der Waals surface area (Å²) >= 11 is 5.25. The average Bonchev–Trinajstić information content (AvgIpc) is 2.91. The van der Waals surface area contributed by atoms with Crippen molar-refractivity contribution in [2.45, 2.75) is 13.3 Å². The van der Waals surface area contributed by atoms with E-state index in [-0.39, 0.29) is 0 Å². The van der Waals surface area contributed by atoms with Gasteiger partial charge in [-0.1, -0.05) is 31.2 Å². The fourth-order valence-corrected chi connectivity index (χ4v) is 3.67. The largest absolute Gasteiger partial charge is 0.368 e. The van der Waals surface area contributed by atoms with Gasteiger partial charge in [0, 0.05) is 21.8 Å². The molecule has 0 bridgehead atoms. The Morgan fingerprint density at radius 3 is 2.65 bits per heavy atom. The molecule has 3 rings (SSSR count). The van der Waals surface area contributed by atoms with Crippen LogP contribution in [-0.2, 0) is 0 Å². The van der Waals surface area contributed by atoms with E-state index in [1.807, 2.05) is 18.2 Å². The molecule has 0 amide bonds. The molecule has 102 valence electrons. The standard InChI is InChI=1S/C15H14BrN3S/c1-2-8-17-15-11-6-4-3-5-10(11)13(18-19-15)14-12(16)7-9-20-14/h3-7,9H,2,8H2,1H3,(H,17,19). The Morgan fingerprint density at radius 2 is 1.95 bits per heavy atom. The number of nitrogens with zero attached hydrogens (tertiary/aromatic N) is 2. The van der Waals surface area contributed by atoms with Gasteiger partial charge >= 0.3 is 0 Å². The molecule has 1 N–H and O–H groups in total. The molecule has 0 spiro atoms. The molecule has 0 atom stereocenters. The van der Waals surface area contributed by atoms with Crippen molar-refractivity contribution in [3.63, 3.8) is 0 Å². The molecular formula is C15H14BrN3S. The summed E-state index contributed by atoms with van der Waals surface area (Å²) in [5, 5.41) is 16.4. The second-order valence-corrected chi connectivity index (χ2v) is 6.24. The molecule has 20 heavy (non-hydrogen) atoms. The van der Waals surface area contributed by atoms with Crippen LogP contribution in [0.4, 0.5) is 5.82 Å². The molecule has 3 aromatic rings. The second kappa shape index (κ2) is 5.89. The first-order valence-corrected chi connectivity index (χ1v) is 8.21. The van der Waals surface area contributed by atoms with Crippen LogP contribution in [0.5, 0.6) is 0 Å². The number of anilines is 1. The molecule has 5 heteroatoms. The van der Waals surface area contributed by atoms with E-state index in [9.17, 15) is 0 Å². The zero-order valence-corrected chi connectivity index (χ0v) is 13.5. The van der Waals surface area contributed by atoms with Gasteiger partial charge in [0.05, 0.1) is 4.88 Å². The molecule has 0 saturated carbocycles. The molecule has 0 fully saturated rings. The van der Waals surface area contributed by atoms with Crippen LogP contribution in [-0.4, -0.2) is 16.7 Å². The lowest BCUT2D eigenvalue weighted by Gasteiger charge is -2.09. The number of rotatable bonds is 4. The van der Waals surface area contributed by atoms with Gasteiger partial charge in [-0.3, -0.25) is 0 Å². The van der Waals surface area contributed by atoms with Crippen LogP contribution in [0.1, 0.15) is 13.3 Å². The normalized spacial score (nSPS) is 10.9. The van der Waals surface area contributed by atoms with E-state index in [0.29, 0.717) is 0 Å². The highest BCUT2D eigenvalue weighted by molar-refractivity contribution is 9.10. The minimum absolute atomic E-state index is 0.860. The van der Waals surface area contributed by atoms with E-state index in [4.69, 9.17) is 0 Å². The predicted molar refractivity (Wildman–Crippen MR) is 89.3 cm³/mol. The number of hydrogen-bond donors (Lipinski definition) is 1. The number of hydrogen-bond acceptors (Lipinski definition) is 4. The molecule has 0 aliphatic rings. The van der Waals surface area contributed by atoms with Crippen LogP contribution < -0.4 is 5.32 Å². The lowest BCUT2D eigenvalue weighted by atomic mass is 10.1. The van der Waals surface area contributed by atoms with Gasteiger partial charge in [-0.15, -0.1) is 21.5 Å². The molecule has 0 saturated heterocycles. The number of halogens is 1. The summed E-state index contributed by atoms with van der Waals surface area (Å²) in [4.78, 5) is 1.12. The predicted octanol–water partition coefficient (Wildman–Crippen LogP) is 4.94. The van der Waals surface area contributed by atoms with Gasteiger partial charge in [-0.2, -0.15) is 0 Å². The fraction of sp³-hybridized carbons (Fsp3) is 0.200. The first-order chi connectivity index (χ1) is 9.81. The first kappa shape index (κ1) is 13.5. The first-order valence-electron chi connectivity index (χ1n) is 6.54. The number of aromatic nitrogens is 2. The third-order valence-corrected chi connectivity index (χ3v) is 4.91. The van der Waals surface area contributed by atoms with E-state index in [1.54, 1.807) is 11.3 Å². The summed E-state index contributed by atoms with van der Waals surface area (Å²) in [5.74, 6) is 0.860. The Bertz CT molecular complexity index is 739. The minimum atomic E-state index is 0.860. The van der Waals surface area contributed by atoms with Gasteiger partial charge in [-0.25, -0.2) is 0 Å². The van der Waals surface area contributed by atoms with Crippen LogP contribution >= 0.6 is 27.3 Å². The highest BCUT2D eigenvalue weighted by atomic mass is 79.9. The molecule has 2 heterocycles. The molecule has 3 nitrogen and oxygen atoms in total. The van der Waals surface area contributed by atoms with E-state index in [1.165, 1.54) is 0 Å². The quantitative estimate of drug-likeness (QED) is 0.725. The van der Waals surface area contributed by atoms with Gasteiger partial charge < -0.3 is 5.32 Å². The topological polar surface area (TPSA) is 37.8 Å². The zero-order chi connectivity index (χ0) is 13.9. The second-order valence-electron chi connectivity index (χ2n) is 4.47. The molecule has 0 unspecified atom stereocenters. The maximum Gasteiger partial charge on any atom is 0.156 e. The van der Waals surface area contributed by atoms with E-state index < -0.39 is 0 Å². The maximum absolute atomic E-state index is 4.43. The summed E-state index contributed by atoms with van der Waals surface area (Å²) in [6, 6.07) is 10.3. The zero-order valence-electron chi connectivity index (χ0n) is 11.1. The minimum Gasteiger partial charge on any atom is -0.368 e. The van der Waals surface area contributed by atoms with Crippen LogP contribution in [0, 0.1) is 0 Å². The van der Waals surface area contributed by atoms with Crippen LogP contribution in [0.15, 0.2) is 40.2 Å². The van der Waals surface area contributed by atoms with Crippen LogP contribution in [0.3, 0.4) is 0 Å². The maximum atomic E-state index is 4.43. The van der Waals surface area contributed by atoms with Crippen molar-refractivity contribution in [3.8, 4) is 10.6 Å². The Hall–Kier alpha value is -1.46. The Balaban J connectivity index is 2.19. The Labute approximate surface area is 130 Å². The summed E-state index contributed by atoms with van der Waals surface area (Å²) < 4.78 is 1.07. The van der Waals surface area contributed by atoms with Crippen LogP contribution in [0.2, 0.25) is 0 Å². The lowest BCUT2D eigenvalue weighted by Crippen LogP contribution is -2.04. The third-order valence-electron chi connectivity index (χ3n) is 3.06. The molecule has 1 aromatic carbocycles. The highest BCUT2D eigenvalue weighted by Gasteiger charge is 2.13. The van der Waals surface area contributed by atoms with Gasteiger partial charge in [0.15, 0.2) is 5.82 Å². The number of thiophene rings is 1. The third kappa shape index (κ3) is 2.43. The summed E-state index contributed by atoms with van der Waals surface area (Å²) in [6.07, 6.45) is 1.06. The Morgan fingerprint density at radius 1 is 1.15 bits per heavy atom.